The van der Waals surface area contributed by atoms with Gasteiger partial charge in [-0.1, -0.05) is 75.2 Å². The quantitative estimate of drug-likeness (QED) is 0.300. The van der Waals surface area contributed by atoms with Gasteiger partial charge in [0.1, 0.15) is 11.6 Å². The second-order valence-corrected chi connectivity index (χ2v) is 10.8. The summed E-state index contributed by atoms with van der Waals surface area (Å²) in [5, 5.41) is 0. The van der Waals surface area contributed by atoms with Crippen molar-refractivity contribution >= 4 is 5.91 Å². The molecule has 6 nitrogen and oxygen atoms in total. The van der Waals surface area contributed by atoms with Crippen molar-refractivity contribution in [3.8, 4) is 33.6 Å². The van der Waals surface area contributed by atoms with Crippen LogP contribution in [0.3, 0.4) is 0 Å². The SMILES string of the molecule is CC(C)C(=O)N1CCC[C@H]1c1ncc(-c2ccc(-c3ccc(-c4cnc(C5CCCC5)[nH]4)cc3)cc2)[nH]1. The largest absolute Gasteiger partial charge is 0.342 e. The standard InChI is InChI=1S/C31H35N5O/c1-20(2)31(37)36-17-5-8-28(36)30-33-19-27(35-30)24-15-11-22(12-16-24)21-9-13-23(14-10-21)26-18-32-29(34-26)25-6-3-4-7-25/h9-16,18-20,25,28H,3-8,17H2,1-2H3,(H,32,34)(H,33,35)/t28-/m0/s1. The summed E-state index contributed by atoms with van der Waals surface area (Å²) in [7, 11) is 0. The molecule has 190 valence electrons. The zero-order valence-electron chi connectivity index (χ0n) is 21.7. The number of rotatable bonds is 6. The number of hydrogen-bond acceptors (Lipinski definition) is 3. The molecule has 2 aliphatic rings. The molecular formula is C31H35N5O. The molecule has 0 radical (unpaired) electrons. The molecule has 6 heteroatoms. The number of aromatic amines is 2. The highest BCUT2D eigenvalue weighted by atomic mass is 16.2. The molecule has 3 heterocycles. The van der Waals surface area contributed by atoms with E-state index in [9.17, 15) is 4.79 Å². The van der Waals surface area contributed by atoms with Crippen molar-refractivity contribution in [3.05, 3.63) is 72.6 Å². The Morgan fingerprint density at radius 1 is 0.757 bits per heavy atom. The van der Waals surface area contributed by atoms with Gasteiger partial charge in [0.2, 0.25) is 5.91 Å². The monoisotopic (exact) mass is 493 g/mol. The van der Waals surface area contributed by atoms with Crippen LogP contribution in [0.4, 0.5) is 0 Å². The molecule has 2 aromatic heterocycles. The lowest BCUT2D eigenvalue weighted by Gasteiger charge is -2.25. The number of carbonyl (C=O) groups is 1. The highest BCUT2D eigenvalue weighted by Crippen LogP contribution is 2.35. The van der Waals surface area contributed by atoms with Crippen LogP contribution in [0, 0.1) is 5.92 Å². The average molecular weight is 494 g/mol. The molecule has 1 atom stereocenters. The number of carbonyl (C=O) groups excluding carboxylic acids is 1. The topological polar surface area (TPSA) is 77.7 Å². The fourth-order valence-corrected chi connectivity index (χ4v) is 5.87. The number of benzene rings is 2. The number of hydrogen-bond donors (Lipinski definition) is 2. The molecular weight excluding hydrogens is 458 g/mol. The maximum absolute atomic E-state index is 12.6. The lowest BCUT2D eigenvalue weighted by atomic mass is 10.0. The summed E-state index contributed by atoms with van der Waals surface area (Å²) in [6, 6.07) is 17.3. The number of likely N-dealkylation sites (tertiary alicyclic amines) is 1. The molecule has 0 spiro atoms. The van der Waals surface area contributed by atoms with Crippen LogP contribution in [-0.2, 0) is 4.79 Å². The lowest BCUT2D eigenvalue weighted by molar-refractivity contribution is -0.135. The first-order chi connectivity index (χ1) is 18.1. The number of nitrogens with zero attached hydrogens (tertiary/aromatic N) is 3. The second kappa shape index (κ2) is 10.0. The van der Waals surface area contributed by atoms with E-state index in [-0.39, 0.29) is 17.9 Å². The van der Waals surface area contributed by atoms with E-state index in [4.69, 9.17) is 0 Å². The third kappa shape index (κ3) is 4.73. The van der Waals surface area contributed by atoms with E-state index in [0.29, 0.717) is 5.92 Å². The van der Waals surface area contributed by atoms with Gasteiger partial charge in [-0.05, 0) is 47.9 Å². The van der Waals surface area contributed by atoms with Gasteiger partial charge in [0.25, 0.3) is 0 Å². The smallest absolute Gasteiger partial charge is 0.225 e. The predicted octanol–water partition coefficient (Wildman–Crippen LogP) is 7.11. The van der Waals surface area contributed by atoms with Crippen molar-refractivity contribution in [2.75, 3.05) is 6.54 Å². The van der Waals surface area contributed by atoms with Crippen LogP contribution in [0.2, 0.25) is 0 Å². The molecule has 6 rings (SSSR count). The molecule has 1 aliphatic heterocycles. The van der Waals surface area contributed by atoms with Crippen molar-refractivity contribution in [3.63, 3.8) is 0 Å². The van der Waals surface area contributed by atoms with Crippen LogP contribution in [-0.4, -0.2) is 37.3 Å². The summed E-state index contributed by atoms with van der Waals surface area (Å²) in [6.45, 7) is 4.74. The Balaban J connectivity index is 1.15. The fourth-order valence-electron chi connectivity index (χ4n) is 5.87. The minimum absolute atomic E-state index is 0.00511. The van der Waals surface area contributed by atoms with Gasteiger partial charge in [0, 0.05) is 18.4 Å². The molecule has 1 saturated heterocycles. The number of nitrogens with one attached hydrogen (secondary N) is 2. The molecule has 2 N–H and O–H groups in total. The number of amides is 1. The minimum Gasteiger partial charge on any atom is -0.342 e. The summed E-state index contributed by atoms with van der Waals surface area (Å²) in [5.41, 5.74) is 6.70. The first kappa shape index (κ1) is 23.7. The Morgan fingerprint density at radius 2 is 1.27 bits per heavy atom. The predicted molar refractivity (Wildman–Crippen MR) is 147 cm³/mol. The van der Waals surface area contributed by atoms with Gasteiger partial charge < -0.3 is 14.9 Å². The number of imidazole rings is 2. The van der Waals surface area contributed by atoms with E-state index >= 15 is 0 Å². The Kier molecular flexibility index (Phi) is 6.41. The van der Waals surface area contributed by atoms with Crippen LogP contribution in [0.25, 0.3) is 33.6 Å². The molecule has 2 aromatic carbocycles. The van der Waals surface area contributed by atoms with Crippen molar-refractivity contribution in [2.24, 2.45) is 5.92 Å². The van der Waals surface area contributed by atoms with Crippen molar-refractivity contribution < 1.29 is 4.79 Å². The number of H-pyrrole nitrogens is 2. The molecule has 0 unspecified atom stereocenters. The first-order valence-corrected chi connectivity index (χ1v) is 13.7. The van der Waals surface area contributed by atoms with E-state index in [1.807, 2.05) is 31.1 Å². The summed E-state index contributed by atoms with van der Waals surface area (Å²) >= 11 is 0. The van der Waals surface area contributed by atoms with E-state index < -0.39 is 0 Å². The van der Waals surface area contributed by atoms with Gasteiger partial charge in [-0.15, -0.1) is 0 Å². The van der Waals surface area contributed by atoms with Gasteiger partial charge in [0.15, 0.2) is 0 Å². The van der Waals surface area contributed by atoms with Crippen molar-refractivity contribution in [2.45, 2.75) is 64.3 Å². The Bertz CT molecular complexity index is 1360. The summed E-state index contributed by atoms with van der Waals surface area (Å²) in [5.74, 6) is 2.83. The van der Waals surface area contributed by atoms with Gasteiger partial charge in [-0.3, -0.25) is 4.79 Å². The molecule has 0 bridgehead atoms. The van der Waals surface area contributed by atoms with Crippen LogP contribution >= 0.6 is 0 Å². The first-order valence-electron chi connectivity index (χ1n) is 13.7. The van der Waals surface area contributed by atoms with Gasteiger partial charge >= 0.3 is 0 Å². The van der Waals surface area contributed by atoms with Crippen LogP contribution in [0.5, 0.6) is 0 Å². The van der Waals surface area contributed by atoms with Gasteiger partial charge in [-0.2, -0.15) is 0 Å². The summed E-state index contributed by atoms with van der Waals surface area (Å²) in [4.78, 5) is 31.0. The maximum Gasteiger partial charge on any atom is 0.225 e. The van der Waals surface area contributed by atoms with E-state index in [0.717, 1.165) is 48.0 Å². The highest BCUT2D eigenvalue weighted by molar-refractivity contribution is 5.79. The summed E-state index contributed by atoms with van der Waals surface area (Å²) in [6.07, 6.45) is 11.0. The molecule has 2 fully saturated rings. The van der Waals surface area contributed by atoms with E-state index in [2.05, 4.69) is 68.5 Å². The molecule has 4 aromatic rings. The lowest BCUT2D eigenvalue weighted by Crippen LogP contribution is -2.34. The van der Waals surface area contributed by atoms with Crippen molar-refractivity contribution in [1.82, 2.24) is 24.8 Å². The Morgan fingerprint density at radius 3 is 1.84 bits per heavy atom. The maximum atomic E-state index is 12.6. The second-order valence-electron chi connectivity index (χ2n) is 10.8. The molecule has 37 heavy (non-hydrogen) atoms. The van der Waals surface area contributed by atoms with E-state index in [1.54, 1.807) is 0 Å². The third-order valence-corrected chi connectivity index (χ3v) is 8.00. The van der Waals surface area contributed by atoms with E-state index in [1.165, 1.54) is 42.4 Å². The number of aromatic nitrogens is 4. The molecule has 1 aliphatic carbocycles. The average Bonchev–Trinajstić information content (AvgIpc) is 3.75. The van der Waals surface area contributed by atoms with Crippen LogP contribution < -0.4 is 0 Å². The minimum atomic E-state index is 0.00511. The Hall–Kier alpha value is -3.67. The van der Waals surface area contributed by atoms with Crippen LogP contribution in [0.1, 0.15) is 76.0 Å². The molecule has 1 saturated carbocycles. The summed E-state index contributed by atoms with van der Waals surface area (Å²) < 4.78 is 0. The normalized spacial score (nSPS) is 18.2. The Labute approximate surface area is 218 Å². The van der Waals surface area contributed by atoms with Crippen LogP contribution in [0.15, 0.2) is 60.9 Å². The highest BCUT2D eigenvalue weighted by Gasteiger charge is 2.33. The zero-order valence-corrected chi connectivity index (χ0v) is 21.7. The zero-order chi connectivity index (χ0) is 25.4. The molecule has 1 amide bonds. The third-order valence-electron chi connectivity index (χ3n) is 8.00. The fraction of sp³-hybridized carbons (Fsp3) is 0.387. The van der Waals surface area contributed by atoms with Gasteiger partial charge in [0.05, 0.1) is 29.8 Å². The van der Waals surface area contributed by atoms with Crippen molar-refractivity contribution in [1.29, 1.82) is 0 Å². The van der Waals surface area contributed by atoms with Gasteiger partial charge in [-0.25, -0.2) is 9.97 Å².